The molecule has 3 unspecified atom stereocenters. The van der Waals surface area contributed by atoms with Gasteiger partial charge in [0.05, 0.1) is 22.7 Å². The van der Waals surface area contributed by atoms with Crippen LogP contribution >= 0.6 is 0 Å². The van der Waals surface area contributed by atoms with Crippen molar-refractivity contribution in [2.75, 3.05) is 24.7 Å². The normalized spacial score (nSPS) is 20.0. The van der Waals surface area contributed by atoms with Crippen LogP contribution in [0, 0.1) is 11.3 Å². The van der Waals surface area contributed by atoms with E-state index in [9.17, 15) is 27.0 Å². The summed E-state index contributed by atoms with van der Waals surface area (Å²) in [5.41, 5.74) is -1.30. The topological polar surface area (TPSA) is 113 Å². The van der Waals surface area contributed by atoms with Crippen molar-refractivity contribution >= 4 is 16.9 Å². The van der Waals surface area contributed by atoms with Gasteiger partial charge in [-0.25, -0.2) is 32.8 Å². The number of aromatic nitrogens is 5. The van der Waals surface area contributed by atoms with Crippen LogP contribution < -0.4 is 5.32 Å². The molecule has 0 bridgehead atoms. The summed E-state index contributed by atoms with van der Waals surface area (Å²) in [4.78, 5) is 15.7. The van der Waals surface area contributed by atoms with Crippen molar-refractivity contribution in [3.63, 3.8) is 0 Å². The van der Waals surface area contributed by atoms with Gasteiger partial charge in [0.2, 0.25) is 5.95 Å². The lowest BCUT2D eigenvalue weighted by Gasteiger charge is -2.33. The van der Waals surface area contributed by atoms with Gasteiger partial charge in [-0.15, -0.1) is 0 Å². The van der Waals surface area contributed by atoms with E-state index in [0.717, 1.165) is 0 Å². The Balaban J connectivity index is 1.66. The Bertz CT molecular complexity index is 1260. The number of rotatable bonds is 5. The van der Waals surface area contributed by atoms with Crippen LogP contribution in [0.4, 0.5) is 23.5 Å². The number of alkyl halides is 4. The van der Waals surface area contributed by atoms with Gasteiger partial charge < -0.3 is 9.88 Å². The molecule has 1 aliphatic heterocycles. The SMILES string of the molecule is CS(=O)N1CCC(Nc2ncc(C(F)(F)F)c(-c3cn(-c4cccnc4C#N)cn3)n2)C(F)C1. The molecule has 1 saturated heterocycles. The maximum atomic E-state index is 14.6. The average Bonchev–Trinajstić information content (AvgIpc) is 3.29. The summed E-state index contributed by atoms with van der Waals surface area (Å²) in [6.45, 7) is 0.274. The van der Waals surface area contributed by atoms with Crippen LogP contribution in [-0.4, -0.2) is 64.6 Å². The molecule has 4 rings (SSSR count). The first kappa shape index (κ1) is 23.7. The summed E-state index contributed by atoms with van der Waals surface area (Å²) < 4.78 is 70.0. The quantitative estimate of drug-likeness (QED) is 0.543. The molecule has 0 radical (unpaired) electrons. The Morgan fingerprint density at radius 3 is 2.76 bits per heavy atom. The van der Waals surface area contributed by atoms with E-state index in [1.807, 2.05) is 6.07 Å². The maximum Gasteiger partial charge on any atom is 0.420 e. The molecule has 0 aromatic carbocycles. The number of anilines is 1. The summed E-state index contributed by atoms with van der Waals surface area (Å²) in [5, 5.41) is 12.0. The minimum absolute atomic E-state index is 0.0703. The number of piperidine rings is 1. The number of imidazole rings is 1. The van der Waals surface area contributed by atoms with Crippen molar-refractivity contribution in [2.24, 2.45) is 0 Å². The van der Waals surface area contributed by atoms with Crippen LogP contribution in [0.5, 0.6) is 0 Å². The van der Waals surface area contributed by atoms with Crippen molar-refractivity contribution in [1.82, 2.24) is 28.8 Å². The van der Waals surface area contributed by atoms with Gasteiger partial charge in [0.15, 0.2) is 5.69 Å². The number of hydrogen-bond acceptors (Lipinski definition) is 7. The van der Waals surface area contributed by atoms with E-state index in [0.29, 0.717) is 18.4 Å². The van der Waals surface area contributed by atoms with Crippen molar-refractivity contribution in [2.45, 2.75) is 24.8 Å². The lowest BCUT2D eigenvalue weighted by Crippen LogP contribution is -2.48. The van der Waals surface area contributed by atoms with Crippen LogP contribution in [0.15, 0.2) is 37.1 Å². The molecule has 34 heavy (non-hydrogen) atoms. The third kappa shape index (κ3) is 4.90. The Labute approximate surface area is 194 Å². The van der Waals surface area contributed by atoms with Crippen molar-refractivity contribution in [3.05, 3.63) is 48.3 Å². The monoisotopic (exact) mass is 494 g/mol. The molecule has 3 aromatic heterocycles. The molecule has 14 heteroatoms. The largest absolute Gasteiger partial charge is 0.420 e. The van der Waals surface area contributed by atoms with Gasteiger partial charge in [0.25, 0.3) is 0 Å². The van der Waals surface area contributed by atoms with E-state index in [2.05, 4.69) is 25.3 Å². The predicted molar refractivity (Wildman–Crippen MR) is 115 cm³/mol. The first-order chi connectivity index (χ1) is 16.2. The zero-order valence-corrected chi connectivity index (χ0v) is 18.5. The second-order valence-corrected chi connectivity index (χ2v) is 8.83. The number of halogens is 4. The fraction of sp³-hybridized carbons (Fsp3) is 0.350. The third-order valence-corrected chi connectivity index (χ3v) is 6.33. The highest BCUT2D eigenvalue weighted by atomic mass is 32.2. The molecule has 1 N–H and O–H groups in total. The van der Waals surface area contributed by atoms with Gasteiger partial charge in [-0.1, -0.05) is 0 Å². The predicted octanol–water partition coefficient (Wildman–Crippen LogP) is 2.73. The standard InChI is InChI=1S/C20H18F4N8OS/c1-34(33)32-6-4-14(13(21)9-32)29-19-27-8-12(20(22,23)24)18(30-19)16-10-31(11-28-16)17-3-2-5-26-15(17)7-25/h2-3,5,8,10-11,13-14H,4,6,9H2,1H3,(H,27,29,30). The first-order valence-corrected chi connectivity index (χ1v) is 11.5. The highest BCUT2D eigenvalue weighted by Gasteiger charge is 2.37. The molecule has 3 aromatic rings. The lowest BCUT2D eigenvalue weighted by atomic mass is 10.1. The molecule has 0 amide bonds. The number of nitrogens with zero attached hydrogens (tertiary/aromatic N) is 7. The smallest absolute Gasteiger partial charge is 0.348 e. The highest BCUT2D eigenvalue weighted by Crippen LogP contribution is 2.36. The third-order valence-electron chi connectivity index (χ3n) is 5.27. The summed E-state index contributed by atoms with van der Waals surface area (Å²) in [6.07, 6.45) is 0.142. The summed E-state index contributed by atoms with van der Waals surface area (Å²) >= 11 is 0. The van der Waals surface area contributed by atoms with Crippen LogP contribution in [0.3, 0.4) is 0 Å². The summed E-state index contributed by atoms with van der Waals surface area (Å²) in [7, 11) is -1.32. The molecular formula is C20H18F4N8OS. The molecule has 0 aliphatic carbocycles. The van der Waals surface area contributed by atoms with E-state index in [1.165, 1.54) is 33.8 Å². The molecule has 0 saturated carbocycles. The van der Waals surface area contributed by atoms with E-state index < -0.39 is 40.6 Å². The van der Waals surface area contributed by atoms with Crippen molar-refractivity contribution < 1.29 is 21.8 Å². The lowest BCUT2D eigenvalue weighted by molar-refractivity contribution is -0.137. The maximum absolute atomic E-state index is 14.6. The Hall–Kier alpha value is -3.44. The molecule has 9 nitrogen and oxygen atoms in total. The number of pyridine rings is 1. The van der Waals surface area contributed by atoms with Crippen LogP contribution in [-0.2, 0) is 17.2 Å². The van der Waals surface area contributed by atoms with E-state index >= 15 is 0 Å². The van der Waals surface area contributed by atoms with Gasteiger partial charge in [0.1, 0.15) is 35.5 Å². The molecule has 3 atom stereocenters. The average molecular weight is 494 g/mol. The Kier molecular flexibility index (Phi) is 6.58. The Morgan fingerprint density at radius 1 is 1.29 bits per heavy atom. The fourth-order valence-corrected chi connectivity index (χ4v) is 4.28. The van der Waals surface area contributed by atoms with Gasteiger partial charge in [0, 0.05) is 37.9 Å². The second kappa shape index (κ2) is 9.43. The fourth-order valence-electron chi connectivity index (χ4n) is 3.56. The Morgan fingerprint density at radius 2 is 2.09 bits per heavy atom. The highest BCUT2D eigenvalue weighted by molar-refractivity contribution is 7.81. The van der Waals surface area contributed by atoms with Crippen molar-refractivity contribution in [3.8, 4) is 23.1 Å². The van der Waals surface area contributed by atoms with Gasteiger partial charge in [-0.3, -0.25) is 0 Å². The minimum atomic E-state index is -4.76. The van der Waals surface area contributed by atoms with Crippen LogP contribution in [0.1, 0.15) is 17.7 Å². The van der Waals surface area contributed by atoms with E-state index in [4.69, 9.17) is 0 Å². The van der Waals surface area contributed by atoms with Gasteiger partial charge in [-0.05, 0) is 18.6 Å². The van der Waals surface area contributed by atoms with Gasteiger partial charge >= 0.3 is 6.18 Å². The number of hydrogen-bond donors (Lipinski definition) is 1. The van der Waals surface area contributed by atoms with E-state index in [1.54, 1.807) is 12.1 Å². The van der Waals surface area contributed by atoms with Crippen molar-refractivity contribution in [1.29, 1.82) is 5.26 Å². The summed E-state index contributed by atoms with van der Waals surface area (Å²) in [6, 6.07) is 4.31. The van der Waals surface area contributed by atoms with E-state index in [-0.39, 0.29) is 30.3 Å². The zero-order chi connectivity index (χ0) is 24.5. The first-order valence-electron chi connectivity index (χ1n) is 10.0. The van der Waals surface area contributed by atoms with Crippen LogP contribution in [0.2, 0.25) is 0 Å². The second-order valence-electron chi connectivity index (χ2n) is 7.47. The molecule has 1 fully saturated rings. The van der Waals surface area contributed by atoms with Gasteiger partial charge in [-0.2, -0.15) is 18.4 Å². The minimum Gasteiger partial charge on any atom is -0.348 e. The molecule has 4 heterocycles. The number of nitrogens with one attached hydrogen (secondary N) is 1. The molecular weight excluding hydrogens is 476 g/mol. The number of nitriles is 1. The molecule has 1 aliphatic rings. The summed E-state index contributed by atoms with van der Waals surface area (Å²) in [5.74, 6) is -0.185. The van der Waals surface area contributed by atoms with Crippen LogP contribution in [0.25, 0.3) is 17.1 Å². The molecule has 178 valence electrons. The zero-order valence-electron chi connectivity index (χ0n) is 17.7. The molecule has 0 spiro atoms.